The van der Waals surface area contributed by atoms with Crippen LogP contribution in [0.2, 0.25) is 0 Å². The largest absolute Gasteiger partial charge is 0.444 e. The lowest BCUT2D eigenvalue weighted by Gasteiger charge is -2.43. The summed E-state index contributed by atoms with van der Waals surface area (Å²) in [5.74, 6) is -9.14. The number of carbonyl (C=O) groups is 2. The Kier molecular flexibility index (Phi) is 9.19. The van der Waals surface area contributed by atoms with Crippen LogP contribution in [0.25, 0.3) is 11.1 Å². The Labute approximate surface area is 258 Å². The van der Waals surface area contributed by atoms with Crippen LogP contribution in [-0.4, -0.2) is 65.7 Å². The van der Waals surface area contributed by atoms with Crippen molar-refractivity contribution < 1.29 is 45.4 Å². The summed E-state index contributed by atoms with van der Waals surface area (Å²) in [6.07, 6.45) is -3.48. The van der Waals surface area contributed by atoms with Gasteiger partial charge in [-0.1, -0.05) is 18.2 Å². The minimum absolute atomic E-state index is 0.0183. The van der Waals surface area contributed by atoms with Gasteiger partial charge in [-0.05, 0) is 93.2 Å². The van der Waals surface area contributed by atoms with Crippen LogP contribution in [0.15, 0.2) is 36.4 Å². The summed E-state index contributed by atoms with van der Waals surface area (Å²) >= 11 is 0. The van der Waals surface area contributed by atoms with Crippen LogP contribution in [0.4, 0.5) is 31.1 Å². The molecule has 246 valence electrons. The molecule has 2 saturated carbocycles. The van der Waals surface area contributed by atoms with Crippen molar-refractivity contribution in [3.63, 3.8) is 0 Å². The van der Waals surface area contributed by atoms with Gasteiger partial charge in [-0.25, -0.2) is 31.1 Å². The number of rotatable bonds is 7. The monoisotopic (exact) mass is 640 g/mol. The van der Waals surface area contributed by atoms with E-state index in [4.69, 9.17) is 9.47 Å². The van der Waals surface area contributed by atoms with Crippen LogP contribution < -0.4 is 5.32 Å². The highest BCUT2D eigenvalue weighted by molar-refractivity contribution is 5.81. The molecule has 3 aliphatic rings. The van der Waals surface area contributed by atoms with Gasteiger partial charge >= 0.3 is 6.09 Å². The number of nitrogens with one attached hydrogen (secondary N) is 1. The molecule has 2 aromatic carbocycles. The molecular weight excluding hydrogens is 602 g/mol. The first kappa shape index (κ1) is 33.1. The lowest BCUT2D eigenvalue weighted by atomic mass is 9.87. The van der Waals surface area contributed by atoms with E-state index in [1.165, 1.54) is 12.1 Å². The molecule has 1 aliphatic heterocycles. The zero-order valence-corrected chi connectivity index (χ0v) is 25.5. The fraction of sp³-hybridized carbons (Fsp3) is 0.576. The van der Waals surface area contributed by atoms with Crippen molar-refractivity contribution in [3.8, 4) is 11.1 Å². The zero-order valence-electron chi connectivity index (χ0n) is 25.5. The first-order valence-corrected chi connectivity index (χ1v) is 15.3. The Balaban J connectivity index is 1.30. The Bertz CT molecular complexity index is 1400. The molecule has 5 rings (SSSR count). The van der Waals surface area contributed by atoms with Crippen molar-refractivity contribution >= 4 is 12.0 Å². The van der Waals surface area contributed by atoms with Crippen molar-refractivity contribution in [2.45, 2.75) is 107 Å². The van der Waals surface area contributed by atoms with Gasteiger partial charge in [0, 0.05) is 19.0 Å². The molecule has 0 bridgehead atoms. The van der Waals surface area contributed by atoms with Crippen molar-refractivity contribution in [1.29, 1.82) is 0 Å². The number of alkyl halides is 4. The van der Waals surface area contributed by atoms with Crippen LogP contribution in [-0.2, 0) is 20.7 Å². The Morgan fingerprint density at radius 1 is 0.978 bits per heavy atom. The van der Waals surface area contributed by atoms with Crippen molar-refractivity contribution in [1.82, 2.24) is 10.2 Å². The van der Waals surface area contributed by atoms with Gasteiger partial charge < -0.3 is 19.7 Å². The molecule has 1 saturated heterocycles. The minimum atomic E-state index is -3.54. The van der Waals surface area contributed by atoms with Gasteiger partial charge in [0.25, 0.3) is 11.8 Å². The van der Waals surface area contributed by atoms with E-state index in [2.05, 4.69) is 5.32 Å². The van der Waals surface area contributed by atoms with E-state index in [1.54, 1.807) is 39.0 Å². The van der Waals surface area contributed by atoms with Crippen molar-refractivity contribution in [2.75, 3.05) is 13.1 Å². The molecule has 1 heterocycles. The average Bonchev–Trinajstić information content (AvgIpc) is 3.75. The highest BCUT2D eigenvalue weighted by Gasteiger charge is 2.53. The highest BCUT2D eigenvalue weighted by Crippen LogP contribution is 2.46. The van der Waals surface area contributed by atoms with E-state index in [9.17, 15) is 18.4 Å². The standard InChI is InChI=1S/C33H38F6N2O4/c1-31(2,3)45-30(43)41-13-11-26(33(38,39)18-41)44-25-8-5-12-32(36,37)29(25)40-27(42)16-20-6-4-7-24(28(20)19-9-10-19)21-14-22(34)17-23(35)15-21/h4,6-7,14-15,17,19,25-26,29H,5,8-13,16,18H2,1-3H3,(H,40,42)/t25-,26-,29+/m0/s1. The number of hydrogen-bond acceptors (Lipinski definition) is 4. The van der Waals surface area contributed by atoms with E-state index in [1.807, 2.05) is 0 Å². The van der Waals surface area contributed by atoms with E-state index in [0.29, 0.717) is 16.7 Å². The maximum Gasteiger partial charge on any atom is 0.410 e. The van der Waals surface area contributed by atoms with Crippen LogP contribution >= 0.6 is 0 Å². The lowest BCUT2D eigenvalue weighted by Crippen LogP contribution is -2.61. The fourth-order valence-corrected chi connectivity index (χ4v) is 6.24. The number of nitrogens with zero attached hydrogens (tertiary/aromatic N) is 1. The molecule has 3 atom stereocenters. The predicted octanol–water partition coefficient (Wildman–Crippen LogP) is 7.39. The molecular formula is C33H38F6N2O4. The summed E-state index contributed by atoms with van der Waals surface area (Å²) in [7, 11) is 0. The van der Waals surface area contributed by atoms with E-state index < -0.39 is 72.3 Å². The topological polar surface area (TPSA) is 67.9 Å². The predicted molar refractivity (Wildman–Crippen MR) is 154 cm³/mol. The second-order valence-electron chi connectivity index (χ2n) is 13.3. The summed E-state index contributed by atoms with van der Waals surface area (Å²) in [4.78, 5) is 26.5. The molecule has 3 fully saturated rings. The molecule has 1 N–H and O–H groups in total. The number of carbonyl (C=O) groups excluding carboxylic acids is 2. The van der Waals surface area contributed by atoms with Gasteiger partial charge in [-0.15, -0.1) is 0 Å². The third-order valence-corrected chi connectivity index (χ3v) is 8.37. The molecule has 0 radical (unpaired) electrons. The van der Waals surface area contributed by atoms with E-state index in [-0.39, 0.29) is 38.1 Å². The number of likely N-dealkylation sites (tertiary alicyclic amines) is 1. The maximum atomic E-state index is 15.2. The molecule has 45 heavy (non-hydrogen) atoms. The van der Waals surface area contributed by atoms with Crippen LogP contribution in [0.1, 0.15) is 76.3 Å². The molecule has 0 spiro atoms. The summed E-state index contributed by atoms with van der Waals surface area (Å²) < 4.78 is 99.8. The molecule has 2 aromatic rings. The van der Waals surface area contributed by atoms with Gasteiger partial charge in [0.05, 0.1) is 19.1 Å². The third-order valence-electron chi connectivity index (χ3n) is 8.37. The SMILES string of the molecule is CC(C)(C)OC(=O)N1CC[C@H](O[C@H]2CCCC(F)(F)[C@@H]2NC(=O)Cc2cccc(-c3cc(F)cc(F)c3)c2C2CC2)C(F)(F)C1. The number of piperidine rings is 1. The summed E-state index contributed by atoms with van der Waals surface area (Å²) in [6, 6.07) is 6.34. The number of amides is 2. The average molecular weight is 641 g/mol. The Morgan fingerprint density at radius 3 is 2.29 bits per heavy atom. The minimum Gasteiger partial charge on any atom is -0.444 e. The molecule has 12 heteroatoms. The van der Waals surface area contributed by atoms with Gasteiger partial charge in [0.1, 0.15) is 29.4 Å². The van der Waals surface area contributed by atoms with Gasteiger partial charge in [-0.3, -0.25) is 4.79 Å². The second-order valence-corrected chi connectivity index (χ2v) is 13.3. The van der Waals surface area contributed by atoms with E-state index >= 15 is 17.6 Å². The number of hydrogen-bond donors (Lipinski definition) is 1. The van der Waals surface area contributed by atoms with Gasteiger partial charge in [0.15, 0.2) is 0 Å². The van der Waals surface area contributed by atoms with Crippen LogP contribution in [0.5, 0.6) is 0 Å². The first-order valence-electron chi connectivity index (χ1n) is 15.3. The van der Waals surface area contributed by atoms with Crippen LogP contribution in [0, 0.1) is 11.6 Å². The molecule has 6 nitrogen and oxygen atoms in total. The zero-order chi connectivity index (χ0) is 32.7. The van der Waals surface area contributed by atoms with Gasteiger partial charge in [0.2, 0.25) is 5.91 Å². The number of ether oxygens (including phenoxy) is 2. The normalized spacial score (nSPS) is 24.6. The smallest absolute Gasteiger partial charge is 0.410 e. The first-order chi connectivity index (χ1) is 21.0. The summed E-state index contributed by atoms with van der Waals surface area (Å²) in [6.45, 7) is 3.76. The molecule has 0 unspecified atom stereocenters. The van der Waals surface area contributed by atoms with Crippen LogP contribution in [0.3, 0.4) is 0 Å². The lowest BCUT2D eigenvalue weighted by molar-refractivity contribution is -0.214. The molecule has 0 aromatic heterocycles. The number of benzene rings is 2. The fourth-order valence-electron chi connectivity index (χ4n) is 6.24. The second kappa shape index (κ2) is 12.5. The van der Waals surface area contributed by atoms with Crippen molar-refractivity contribution in [2.24, 2.45) is 0 Å². The maximum absolute atomic E-state index is 15.2. The van der Waals surface area contributed by atoms with Crippen molar-refractivity contribution in [3.05, 3.63) is 59.2 Å². The quantitative estimate of drug-likeness (QED) is 0.321. The molecule has 2 aliphatic carbocycles. The Hall–Kier alpha value is -3.28. The van der Waals surface area contributed by atoms with E-state index in [0.717, 1.165) is 29.4 Å². The third kappa shape index (κ3) is 7.93. The highest BCUT2D eigenvalue weighted by atomic mass is 19.3. The summed E-state index contributed by atoms with van der Waals surface area (Å²) in [5.41, 5.74) is 1.26. The Morgan fingerprint density at radius 2 is 1.67 bits per heavy atom. The molecule has 2 amide bonds. The summed E-state index contributed by atoms with van der Waals surface area (Å²) in [5, 5.41) is 2.38. The number of halogens is 6. The van der Waals surface area contributed by atoms with Gasteiger partial charge in [-0.2, -0.15) is 0 Å².